The quantitative estimate of drug-likeness (QED) is 0.339. The predicted molar refractivity (Wildman–Crippen MR) is 150 cm³/mol. The number of pyridine rings is 1. The number of halogens is 2. The second-order valence-electron chi connectivity index (χ2n) is 10.1. The van der Waals surface area contributed by atoms with Gasteiger partial charge in [-0.25, -0.2) is 14.2 Å². The van der Waals surface area contributed by atoms with Crippen LogP contribution in [0.2, 0.25) is 5.02 Å². The standard InChI is InChI=1S/C30H36ClFN4O2/c1-4-34(20-25-26(31)6-5-7-27(25)32)18-22-8-10-23(11-9-22)19-35-14-16-36(17-15-35)29-28(30(37)38)24(21(2)3)12-13-33-29/h5-13,21H,4,14-20H2,1-3H3,(H,37,38). The average molecular weight is 539 g/mol. The van der Waals surface area contributed by atoms with Gasteiger partial charge in [-0.1, -0.05) is 62.7 Å². The first-order valence-corrected chi connectivity index (χ1v) is 13.6. The zero-order valence-electron chi connectivity index (χ0n) is 22.3. The van der Waals surface area contributed by atoms with E-state index in [2.05, 4.69) is 50.9 Å². The molecular formula is C30H36ClFN4O2. The van der Waals surface area contributed by atoms with Crippen LogP contribution in [0.1, 0.15) is 59.3 Å². The first-order chi connectivity index (χ1) is 18.3. The number of carboxylic acids is 1. The fourth-order valence-electron chi connectivity index (χ4n) is 4.98. The molecule has 6 nitrogen and oxygen atoms in total. The van der Waals surface area contributed by atoms with E-state index in [-0.39, 0.29) is 11.7 Å². The van der Waals surface area contributed by atoms with Gasteiger partial charge >= 0.3 is 5.97 Å². The molecule has 1 aliphatic rings. The van der Waals surface area contributed by atoms with Crippen LogP contribution in [0.5, 0.6) is 0 Å². The second kappa shape index (κ2) is 12.7. The Balaban J connectivity index is 1.33. The maximum Gasteiger partial charge on any atom is 0.339 e. The Morgan fingerprint density at radius 3 is 2.34 bits per heavy atom. The molecule has 0 spiro atoms. The Morgan fingerprint density at radius 2 is 1.74 bits per heavy atom. The van der Waals surface area contributed by atoms with Crippen molar-refractivity contribution in [3.05, 3.63) is 93.4 Å². The number of anilines is 1. The molecule has 0 saturated carbocycles. The van der Waals surface area contributed by atoms with Crippen LogP contribution >= 0.6 is 11.6 Å². The maximum atomic E-state index is 14.2. The topological polar surface area (TPSA) is 59.9 Å². The van der Waals surface area contributed by atoms with E-state index in [9.17, 15) is 14.3 Å². The number of nitrogens with zero attached hydrogens (tertiary/aromatic N) is 4. The second-order valence-corrected chi connectivity index (χ2v) is 10.5. The van der Waals surface area contributed by atoms with E-state index >= 15 is 0 Å². The van der Waals surface area contributed by atoms with Crippen molar-refractivity contribution in [2.75, 3.05) is 37.6 Å². The number of piperazine rings is 1. The highest BCUT2D eigenvalue weighted by Crippen LogP contribution is 2.28. The summed E-state index contributed by atoms with van der Waals surface area (Å²) >= 11 is 6.23. The van der Waals surface area contributed by atoms with Gasteiger partial charge in [0, 0.05) is 62.6 Å². The van der Waals surface area contributed by atoms with Crippen LogP contribution in [0, 0.1) is 5.82 Å². The van der Waals surface area contributed by atoms with Crippen molar-refractivity contribution in [2.45, 2.75) is 46.3 Å². The van der Waals surface area contributed by atoms with Gasteiger partial charge in [0.1, 0.15) is 17.2 Å². The lowest BCUT2D eigenvalue weighted by atomic mass is 9.98. The average Bonchev–Trinajstić information content (AvgIpc) is 2.91. The molecule has 1 aliphatic heterocycles. The minimum atomic E-state index is -0.919. The third-order valence-corrected chi connectivity index (χ3v) is 7.55. The van der Waals surface area contributed by atoms with E-state index in [0.717, 1.165) is 44.8 Å². The third-order valence-electron chi connectivity index (χ3n) is 7.20. The molecule has 0 radical (unpaired) electrons. The Bertz CT molecular complexity index is 1220. The molecule has 3 aromatic rings. The van der Waals surface area contributed by atoms with Gasteiger partial charge in [-0.15, -0.1) is 0 Å². The van der Waals surface area contributed by atoms with Crippen LogP contribution in [0.3, 0.4) is 0 Å². The Kier molecular flexibility index (Phi) is 9.36. The molecule has 4 rings (SSSR count). The summed E-state index contributed by atoms with van der Waals surface area (Å²) in [4.78, 5) is 23.1. The van der Waals surface area contributed by atoms with Crippen molar-refractivity contribution < 1.29 is 14.3 Å². The van der Waals surface area contributed by atoms with Gasteiger partial charge in [0.15, 0.2) is 0 Å². The Morgan fingerprint density at radius 1 is 1.05 bits per heavy atom. The lowest BCUT2D eigenvalue weighted by molar-refractivity contribution is 0.0695. The van der Waals surface area contributed by atoms with Crippen molar-refractivity contribution in [3.63, 3.8) is 0 Å². The lowest BCUT2D eigenvalue weighted by Crippen LogP contribution is -2.46. The SMILES string of the molecule is CCN(Cc1ccc(CN2CCN(c3nccc(C(C)C)c3C(=O)O)CC2)cc1)Cc1c(F)cccc1Cl. The Labute approximate surface area is 229 Å². The first-order valence-electron chi connectivity index (χ1n) is 13.2. The Hall–Kier alpha value is -3.00. The molecule has 1 N–H and O–H groups in total. The molecule has 8 heteroatoms. The monoisotopic (exact) mass is 538 g/mol. The highest BCUT2D eigenvalue weighted by atomic mass is 35.5. The highest BCUT2D eigenvalue weighted by Gasteiger charge is 2.25. The third kappa shape index (κ3) is 6.70. The maximum absolute atomic E-state index is 14.2. The van der Waals surface area contributed by atoms with Gasteiger partial charge in [0.05, 0.1) is 0 Å². The van der Waals surface area contributed by atoms with Crippen molar-refractivity contribution in [1.82, 2.24) is 14.8 Å². The van der Waals surface area contributed by atoms with Gasteiger partial charge in [-0.2, -0.15) is 0 Å². The highest BCUT2D eigenvalue weighted by molar-refractivity contribution is 6.31. The summed E-state index contributed by atoms with van der Waals surface area (Å²) in [5.41, 5.74) is 4.08. The first kappa shape index (κ1) is 28.0. The molecule has 202 valence electrons. The summed E-state index contributed by atoms with van der Waals surface area (Å²) in [6, 6.07) is 15.2. The van der Waals surface area contributed by atoms with Gasteiger partial charge in [0.2, 0.25) is 0 Å². The van der Waals surface area contributed by atoms with Crippen molar-refractivity contribution >= 4 is 23.4 Å². The predicted octanol–water partition coefficient (Wildman–Crippen LogP) is 6.04. The molecule has 0 aliphatic carbocycles. The van der Waals surface area contributed by atoms with E-state index in [1.807, 2.05) is 19.9 Å². The van der Waals surface area contributed by atoms with Crippen molar-refractivity contribution in [1.29, 1.82) is 0 Å². The van der Waals surface area contributed by atoms with E-state index in [1.54, 1.807) is 18.3 Å². The number of rotatable bonds is 10. The number of carbonyl (C=O) groups is 1. The largest absolute Gasteiger partial charge is 0.478 e. The van der Waals surface area contributed by atoms with Gasteiger partial charge in [-0.05, 0) is 47.4 Å². The minimum absolute atomic E-state index is 0.119. The molecule has 1 saturated heterocycles. The molecule has 0 unspecified atom stereocenters. The van der Waals surface area contributed by atoms with Crippen molar-refractivity contribution in [3.8, 4) is 0 Å². The number of hydrogen-bond donors (Lipinski definition) is 1. The summed E-state index contributed by atoms with van der Waals surface area (Å²) in [6.07, 6.45) is 1.72. The van der Waals surface area contributed by atoms with Crippen LogP contribution in [0.4, 0.5) is 10.2 Å². The minimum Gasteiger partial charge on any atom is -0.478 e. The van der Waals surface area contributed by atoms with Crippen LogP contribution in [0.15, 0.2) is 54.7 Å². The zero-order chi connectivity index (χ0) is 27.2. The molecular weight excluding hydrogens is 503 g/mol. The summed E-state index contributed by atoms with van der Waals surface area (Å²) in [7, 11) is 0. The smallest absolute Gasteiger partial charge is 0.339 e. The van der Waals surface area contributed by atoms with Crippen molar-refractivity contribution in [2.24, 2.45) is 0 Å². The van der Waals surface area contributed by atoms with Gasteiger partial charge in [0.25, 0.3) is 0 Å². The van der Waals surface area contributed by atoms with E-state index in [1.165, 1.54) is 17.2 Å². The number of benzene rings is 2. The number of carboxylic acid groups (broad SMARTS) is 1. The van der Waals surface area contributed by atoms with Gasteiger partial charge < -0.3 is 10.0 Å². The molecule has 0 amide bonds. The molecule has 0 atom stereocenters. The van der Waals surface area contributed by atoms with Crippen LogP contribution in [0.25, 0.3) is 0 Å². The fourth-order valence-corrected chi connectivity index (χ4v) is 5.20. The molecule has 1 aromatic heterocycles. The normalized spacial score (nSPS) is 14.4. The summed E-state index contributed by atoms with van der Waals surface area (Å²) in [6.45, 7) is 12.0. The molecule has 0 bridgehead atoms. The van der Waals surface area contributed by atoms with E-state index in [4.69, 9.17) is 11.6 Å². The number of aromatic nitrogens is 1. The molecule has 2 aromatic carbocycles. The van der Waals surface area contributed by atoms with E-state index < -0.39 is 5.97 Å². The van der Waals surface area contributed by atoms with Gasteiger partial charge in [-0.3, -0.25) is 9.80 Å². The van der Waals surface area contributed by atoms with Crippen LogP contribution in [-0.4, -0.2) is 58.6 Å². The summed E-state index contributed by atoms with van der Waals surface area (Å²) in [5, 5.41) is 10.3. The zero-order valence-corrected chi connectivity index (χ0v) is 23.1. The molecule has 38 heavy (non-hydrogen) atoms. The fraction of sp³-hybridized carbons (Fsp3) is 0.400. The lowest BCUT2D eigenvalue weighted by Gasteiger charge is -2.36. The summed E-state index contributed by atoms with van der Waals surface area (Å²) in [5.74, 6) is -0.495. The summed E-state index contributed by atoms with van der Waals surface area (Å²) < 4.78 is 14.2. The number of aromatic carboxylic acids is 1. The van der Waals surface area contributed by atoms with Crippen LogP contribution < -0.4 is 4.90 Å². The van der Waals surface area contributed by atoms with E-state index in [0.29, 0.717) is 35.1 Å². The molecule has 2 heterocycles. The number of hydrogen-bond acceptors (Lipinski definition) is 5. The molecule has 1 fully saturated rings. The van der Waals surface area contributed by atoms with Crippen LogP contribution in [-0.2, 0) is 19.6 Å².